The number of hydrogen-bond donors (Lipinski definition) is 1. The lowest BCUT2D eigenvalue weighted by molar-refractivity contribution is 0.606. The lowest BCUT2D eigenvalue weighted by Gasteiger charge is -2.02. The zero-order valence-electron chi connectivity index (χ0n) is 9.30. The average molecular weight is 270 g/mol. The first-order valence-corrected chi connectivity index (χ1v) is 6.59. The van der Waals surface area contributed by atoms with Gasteiger partial charge in [-0.3, -0.25) is 0 Å². The summed E-state index contributed by atoms with van der Waals surface area (Å²) in [7, 11) is 0. The molecule has 90 valence electrons. The SMILES string of the molecule is Clc1ccc(Cl)c2c(CCNC3CC3)coc12. The van der Waals surface area contributed by atoms with Crippen LogP contribution in [-0.4, -0.2) is 12.6 Å². The molecule has 1 N–H and O–H groups in total. The zero-order chi connectivity index (χ0) is 11.8. The number of nitrogens with one attached hydrogen (secondary N) is 1. The molecular formula is C13H13Cl2NO. The van der Waals surface area contributed by atoms with Gasteiger partial charge in [-0.05, 0) is 37.9 Å². The van der Waals surface area contributed by atoms with Crippen molar-refractivity contribution in [1.29, 1.82) is 0 Å². The number of rotatable bonds is 4. The second kappa shape index (κ2) is 4.52. The largest absolute Gasteiger partial charge is 0.462 e. The lowest BCUT2D eigenvalue weighted by atomic mass is 10.1. The minimum Gasteiger partial charge on any atom is -0.462 e. The Morgan fingerprint density at radius 2 is 2.00 bits per heavy atom. The predicted octanol–water partition coefficient (Wildman–Crippen LogP) is 4.03. The first-order valence-electron chi connectivity index (χ1n) is 5.83. The second-order valence-corrected chi connectivity index (χ2v) is 5.29. The van der Waals surface area contributed by atoms with Gasteiger partial charge in [0.25, 0.3) is 0 Å². The summed E-state index contributed by atoms with van der Waals surface area (Å²) < 4.78 is 5.49. The van der Waals surface area contributed by atoms with Crippen LogP contribution in [0.15, 0.2) is 22.8 Å². The van der Waals surface area contributed by atoms with E-state index in [-0.39, 0.29) is 0 Å². The lowest BCUT2D eigenvalue weighted by Crippen LogP contribution is -2.19. The minimum atomic E-state index is 0.616. The highest BCUT2D eigenvalue weighted by atomic mass is 35.5. The van der Waals surface area contributed by atoms with Crippen molar-refractivity contribution >= 4 is 34.2 Å². The Hall–Kier alpha value is -0.700. The van der Waals surface area contributed by atoms with Crippen molar-refractivity contribution in [2.45, 2.75) is 25.3 Å². The summed E-state index contributed by atoms with van der Waals surface area (Å²) >= 11 is 12.3. The Balaban J connectivity index is 1.85. The fourth-order valence-electron chi connectivity index (χ4n) is 2.02. The van der Waals surface area contributed by atoms with Crippen molar-refractivity contribution in [1.82, 2.24) is 5.32 Å². The van der Waals surface area contributed by atoms with Gasteiger partial charge >= 0.3 is 0 Å². The fraction of sp³-hybridized carbons (Fsp3) is 0.385. The summed E-state index contributed by atoms with van der Waals surface area (Å²) in [4.78, 5) is 0. The van der Waals surface area contributed by atoms with Crippen molar-refractivity contribution in [3.8, 4) is 0 Å². The number of benzene rings is 1. The van der Waals surface area contributed by atoms with Gasteiger partial charge in [-0.2, -0.15) is 0 Å². The average Bonchev–Trinajstić information content (AvgIpc) is 3.03. The number of fused-ring (bicyclic) bond motifs is 1. The molecule has 1 aliphatic carbocycles. The van der Waals surface area contributed by atoms with E-state index in [4.69, 9.17) is 27.6 Å². The molecule has 1 aliphatic rings. The third kappa shape index (κ3) is 2.30. The van der Waals surface area contributed by atoms with Crippen LogP contribution in [0, 0.1) is 0 Å². The monoisotopic (exact) mass is 269 g/mol. The van der Waals surface area contributed by atoms with E-state index in [9.17, 15) is 0 Å². The number of furan rings is 1. The molecule has 0 bridgehead atoms. The topological polar surface area (TPSA) is 25.2 Å². The highest BCUT2D eigenvalue weighted by Gasteiger charge is 2.20. The molecule has 0 saturated heterocycles. The second-order valence-electron chi connectivity index (χ2n) is 4.47. The van der Waals surface area contributed by atoms with Gasteiger partial charge in [0, 0.05) is 17.0 Å². The van der Waals surface area contributed by atoms with E-state index in [0.717, 1.165) is 30.0 Å². The molecule has 0 unspecified atom stereocenters. The van der Waals surface area contributed by atoms with Gasteiger partial charge in [-0.25, -0.2) is 0 Å². The van der Waals surface area contributed by atoms with E-state index in [0.29, 0.717) is 15.6 Å². The summed E-state index contributed by atoms with van der Waals surface area (Å²) in [5.41, 5.74) is 1.82. The first kappa shape index (κ1) is 11.4. The van der Waals surface area contributed by atoms with Crippen LogP contribution in [0.25, 0.3) is 11.0 Å². The summed E-state index contributed by atoms with van der Waals surface area (Å²) in [6.07, 6.45) is 5.29. The molecule has 1 aromatic heterocycles. The predicted molar refractivity (Wildman–Crippen MR) is 71.0 cm³/mol. The van der Waals surface area contributed by atoms with Crippen LogP contribution in [0.3, 0.4) is 0 Å². The molecule has 3 rings (SSSR count). The van der Waals surface area contributed by atoms with Crippen LogP contribution in [0.1, 0.15) is 18.4 Å². The van der Waals surface area contributed by atoms with Crippen molar-refractivity contribution in [3.63, 3.8) is 0 Å². The maximum atomic E-state index is 6.19. The molecule has 4 heteroatoms. The molecule has 2 nitrogen and oxygen atoms in total. The third-order valence-electron chi connectivity index (χ3n) is 3.10. The van der Waals surface area contributed by atoms with Gasteiger partial charge in [0.1, 0.15) is 0 Å². The van der Waals surface area contributed by atoms with Crippen LogP contribution >= 0.6 is 23.2 Å². The Bertz CT molecular complexity index is 546. The molecule has 0 amide bonds. The van der Waals surface area contributed by atoms with Gasteiger partial charge in [-0.1, -0.05) is 23.2 Å². The quantitative estimate of drug-likeness (QED) is 0.907. The highest BCUT2D eigenvalue weighted by molar-refractivity contribution is 6.39. The summed E-state index contributed by atoms with van der Waals surface area (Å²) in [5.74, 6) is 0. The third-order valence-corrected chi connectivity index (χ3v) is 3.72. The Kier molecular flexibility index (Phi) is 3.03. The molecule has 1 fully saturated rings. The molecule has 1 aromatic carbocycles. The summed E-state index contributed by atoms with van der Waals surface area (Å²) in [6, 6.07) is 4.31. The van der Waals surface area contributed by atoms with Crippen LogP contribution < -0.4 is 5.32 Å². The smallest absolute Gasteiger partial charge is 0.154 e. The van der Waals surface area contributed by atoms with E-state index in [2.05, 4.69) is 5.32 Å². The standard InChI is InChI=1S/C13H13Cl2NO/c14-10-3-4-11(15)13-12(10)8(7-17-13)5-6-16-9-1-2-9/h3-4,7,9,16H,1-2,5-6H2. The van der Waals surface area contributed by atoms with Crippen molar-refractivity contribution in [2.75, 3.05) is 6.54 Å². The van der Waals surface area contributed by atoms with E-state index in [1.54, 1.807) is 12.3 Å². The van der Waals surface area contributed by atoms with E-state index >= 15 is 0 Å². The molecule has 0 atom stereocenters. The van der Waals surface area contributed by atoms with Crippen LogP contribution in [0.5, 0.6) is 0 Å². The minimum absolute atomic E-state index is 0.616. The van der Waals surface area contributed by atoms with Gasteiger partial charge in [0.05, 0.1) is 16.3 Å². The Labute approximate surface area is 110 Å². The van der Waals surface area contributed by atoms with Crippen molar-refractivity contribution < 1.29 is 4.42 Å². The van der Waals surface area contributed by atoms with E-state index in [1.165, 1.54) is 12.8 Å². The van der Waals surface area contributed by atoms with Crippen LogP contribution in [0.2, 0.25) is 10.0 Å². The zero-order valence-corrected chi connectivity index (χ0v) is 10.8. The fourth-order valence-corrected chi connectivity index (χ4v) is 2.49. The van der Waals surface area contributed by atoms with Crippen molar-refractivity contribution in [3.05, 3.63) is 34.0 Å². The summed E-state index contributed by atoms with van der Waals surface area (Å²) in [5, 5.41) is 5.76. The normalized spacial score (nSPS) is 15.6. The van der Waals surface area contributed by atoms with Gasteiger partial charge in [0.2, 0.25) is 0 Å². The Morgan fingerprint density at radius 3 is 2.76 bits per heavy atom. The van der Waals surface area contributed by atoms with Crippen molar-refractivity contribution in [2.24, 2.45) is 0 Å². The first-order chi connectivity index (χ1) is 8.25. The van der Waals surface area contributed by atoms with Gasteiger partial charge in [-0.15, -0.1) is 0 Å². The molecule has 0 aliphatic heterocycles. The highest BCUT2D eigenvalue weighted by Crippen LogP contribution is 2.33. The number of halogens is 2. The maximum Gasteiger partial charge on any atom is 0.154 e. The Morgan fingerprint density at radius 1 is 1.24 bits per heavy atom. The number of hydrogen-bond acceptors (Lipinski definition) is 2. The molecule has 0 spiro atoms. The molecular weight excluding hydrogens is 257 g/mol. The van der Waals surface area contributed by atoms with E-state index in [1.807, 2.05) is 6.07 Å². The van der Waals surface area contributed by atoms with Gasteiger partial charge in [0.15, 0.2) is 5.58 Å². The van der Waals surface area contributed by atoms with Crippen LogP contribution in [0.4, 0.5) is 0 Å². The molecule has 2 aromatic rings. The molecule has 17 heavy (non-hydrogen) atoms. The molecule has 1 saturated carbocycles. The maximum absolute atomic E-state index is 6.19. The van der Waals surface area contributed by atoms with Crippen LogP contribution in [-0.2, 0) is 6.42 Å². The summed E-state index contributed by atoms with van der Waals surface area (Å²) in [6.45, 7) is 0.960. The van der Waals surface area contributed by atoms with Gasteiger partial charge < -0.3 is 9.73 Å². The molecule has 0 radical (unpaired) electrons. The molecule has 1 heterocycles. The van der Waals surface area contributed by atoms with E-state index < -0.39 is 0 Å².